The standard InChI is InChI=1S/C9H6F3N5O/c1-3-5-6(18-16-3)4(2)15-17-7(5)13-14-8(17)9(10,11)12/h1-2H3. The van der Waals surface area contributed by atoms with Crippen molar-refractivity contribution in [1.29, 1.82) is 0 Å². The van der Waals surface area contributed by atoms with Crippen LogP contribution in [-0.4, -0.2) is 25.0 Å². The minimum Gasteiger partial charge on any atom is -0.354 e. The topological polar surface area (TPSA) is 69.1 Å². The van der Waals surface area contributed by atoms with E-state index in [0.29, 0.717) is 26.9 Å². The molecule has 0 amide bonds. The lowest BCUT2D eigenvalue weighted by Gasteiger charge is -2.03. The lowest BCUT2D eigenvalue weighted by atomic mass is 10.2. The third-order valence-electron chi connectivity index (χ3n) is 2.56. The van der Waals surface area contributed by atoms with Crippen molar-refractivity contribution >= 4 is 16.6 Å². The van der Waals surface area contributed by atoms with Crippen molar-refractivity contribution in [3.05, 3.63) is 17.2 Å². The van der Waals surface area contributed by atoms with Gasteiger partial charge in [-0.15, -0.1) is 10.2 Å². The Morgan fingerprint density at radius 1 is 1.11 bits per heavy atom. The Kier molecular flexibility index (Phi) is 1.93. The van der Waals surface area contributed by atoms with E-state index < -0.39 is 12.0 Å². The summed E-state index contributed by atoms with van der Waals surface area (Å²) in [6, 6.07) is 0. The Bertz CT molecular complexity index is 757. The average Bonchev–Trinajstić information content (AvgIpc) is 2.81. The van der Waals surface area contributed by atoms with Crippen LogP contribution in [0.5, 0.6) is 0 Å². The lowest BCUT2D eigenvalue weighted by molar-refractivity contribution is -0.146. The molecule has 18 heavy (non-hydrogen) atoms. The molecular formula is C9H6F3N5O. The largest absolute Gasteiger partial charge is 0.453 e. The normalized spacial score (nSPS) is 12.7. The van der Waals surface area contributed by atoms with Crippen molar-refractivity contribution in [2.45, 2.75) is 20.0 Å². The molecule has 3 heterocycles. The number of aryl methyl sites for hydroxylation is 2. The molecule has 0 aromatic carbocycles. The van der Waals surface area contributed by atoms with Gasteiger partial charge in [-0.3, -0.25) is 0 Å². The summed E-state index contributed by atoms with van der Waals surface area (Å²) in [6.07, 6.45) is -4.61. The van der Waals surface area contributed by atoms with E-state index in [1.807, 2.05) is 0 Å². The molecule has 9 heteroatoms. The van der Waals surface area contributed by atoms with Crippen LogP contribution in [0.3, 0.4) is 0 Å². The molecule has 0 N–H and O–H groups in total. The van der Waals surface area contributed by atoms with E-state index in [0.717, 1.165) is 0 Å². The highest BCUT2D eigenvalue weighted by molar-refractivity contribution is 5.92. The number of nitrogens with zero attached hydrogens (tertiary/aromatic N) is 5. The van der Waals surface area contributed by atoms with Crippen LogP contribution in [0.15, 0.2) is 4.52 Å². The molecule has 0 aliphatic rings. The van der Waals surface area contributed by atoms with Gasteiger partial charge in [0, 0.05) is 0 Å². The van der Waals surface area contributed by atoms with Crippen LogP contribution >= 0.6 is 0 Å². The summed E-state index contributed by atoms with van der Waals surface area (Å²) in [7, 11) is 0. The van der Waals surface area contributed by atoms with E-state index in [-0.39, 0.29) is 5.65 Å². The van der Waals surface area contributed by atoms with Crippen molar-refractivity contribution in [2.75, 3.05) is 0 Å². The zero-order valence-corrected chi connectivity index (χ0v) is 9.28. The highest BCUT2D eigenvalue weighted by atomic mass is 19.4. The molecule has 3 rings (SSSR count). The minimum absolute atomic E-state index is 0.0123. The van der Waals surface area contributed by atoms with Gasteiger partial charge < -0.3 is 4.52 Å². The highest BCUT2D eigenvalue weighted by Crippen LogP contribution is 2.30. The van der Waals surface area contributed by atoms with E-state index >= 15 is 0 Å². The summed E-state index contributed by atoms with van der Waals surface area (Å²) in [4.78, 5) is 0. The van der Waals surface area contributed by atoms with Crippen LogP contribution in [-0.2, 0) is 6.18 Å². The quantitative estimate of drug-likeness (QED) is 0.615. The van der Waals surface area contributed by atoms with Gasteiger partial charge in [-0.2, -0.15) is 22.8 Å². The van der Waals surface area contributed by atoms with Crippen LogP contribution in [0.2, 0.25) is 0 Å². The van der Waals surface area contributed by atoms with Gasteiger partial charge in [-0.05, 0) is 13.8 Å². The third-order valence-corrected chi connectivity index (χ3v) is 2.56. The van der Waals surface area contributed by atoms with Crippen molar-refractivity contribution in [2.24, 2.45) is 0 Å². The lowest BCUT2D eigenvalue weighted by Crippen LogP contribution is -2.13. The maximum absolute atomic E-state index is 12.7. The maximum Gasteiger partial charge on any atom is 0.453 e. The summed E-state index contributed by atoms with van der Waals surface area (Å²) in [5.41, 5.74) is 1.05. The molecule has 0 aliphatic heterocycles. The van der Waals surface area contributed by atoms with Gasteiger partial charge in [0.1, 0.15) is 5.69 Å². The van der Waals surface area contributed by atoms with Crippen molar-refractivity contribution in [3.63, 3.8) is 0 Å². The molecule has 0 atom stereocenters. The molecule has 6 nitrogen and oxygen atoms in total. The van der Waals surface area contributed by atoms with Crippen molar-refractivity contribution in [3.8, 4) is 0 Å². The Balaban J connectivity index is 2.52. The Hall–Kier alpha value is -2.19. The molecule has 3 aromatic heterocycles. The minimum atomic E-state index is -4.61. The summed E-state index contributed by atoms with van der Waals surface area (Å²) in [6.45, 7) is 3.15. The number of fused-ring (bicyclic) bond motifs is 3. The number of hydrogen-bond acceptors (Lipinski definition) is 5. The monoisotopic (exact) mass is 257 g/mol. The number of halogens is 3. The maximum atomic E-state index is 12.7. The molecule has 0 saturated heterocycles. The van der Waals surface area contributed by atoms with E-state index in [1.54, 1.807) is 6.92 Å². The number of aromatic nitrogens is 5. The predicted octanol–water partition coefficient (Wildman–Crippen LogP) is 1.90. The second-order valence-corrected chi connectivity index (χ2v) is 3.81. The van der Waals surface area contributed by atoms with Crippen LogP contribution < -0.4 is 0 Å². The van der Waals surface area contributed by atoms with Crippen molar-refractivity contribution < 1.29 is 17.7 Å². The summed E-state index contributed by atoms with van der Waals surface area (Å²) in [5, 5.41) is 14.5. The molecule has 0 saturated carbocycles. The van der Waals surface area contributed by atoms with Crippen molar-refractivity contribution in [1.82, 2.24) is 25.0 Å². The second kappa shape index (κ2) is 3.18. The Labute approximate surface area is 97.4 Å². The number of rotatable bonds is 0. The van der Waals surface area contributed by atoms with Crippen LogP contribution in [0.1, 0.15) is 17.2 Å². The smallest absolute Gasteiger partial charge is 0.354 e. The van der Waals surface area contributed by atoms with Crippen LogP contribution in [0.25, 0.3) is 16.6 Å². The molecule has 0 bridgehead atoms. The third kappa shape index (κ3) is 1.30. The zero-order valence-electron chi connectivity index (χ0n) is 9.28. The first-order valence-electron chi connectivity index (χ1n) is 4.95. The Morgan fingerprint density at radius 3 is 2.50 bits per heavy atom. The van der Waals surface area contributed by atoms with E-state index in [1.165, 1.54) is 6.92 Å². The first kappa shape index (κ1) is 10.9. The van der Waals surface area contributed by atoms with Gasteiger partial charge in [0.05, 0.1) is 11.1 Å². The molecule has 94 valence electrons. The fourth-order valence-corrected chi connectivity index (χ4v) is 1.78. The zero-order chi connectivity index (χ0) is 13.1. The van der Waals surface area contributed by atoms with E-state index in [4.69, 9.17) is 4.52 Å². The first-order chi connectivity index (χ1) is 8.39. The van der Waals surface area contributed by atoms with E-state index in [2.05, 4.69) is 20.5 Å². The molecule has 0 fully saturated rings. The summed E-state index contributed by atoms with van der Waals surface area (Å²) < 4.78 is 43.8. The number of hydrogen-bond donors (Lipinski definition) is 0. The fourth-order valence-electron chi connectivity index (χ4n) is 1.78. The van der Waals surface area contributed by atoms with Gasteiger partial charge in [0.2, 0.25) is 0 Å². The highest BCUT2D eigenvalue weighted by Gasteiger charge is 2.38. The number of alkyl halides is 3. The summed E-state index contributed by atoms with van der Waals surface area (Å²) in [5.74, 6) is -1.16. The van der Waals surface area contributed by atoms with Gasteiger partial charge in [0.15, 0.2) is 11.2 Å². The molecular weight excluding hydrogens is 251 g/mol. The molecule has 0 aliphatic carbocycles. The summed E-state index contributed by atoms with van der Waals surface area (Å²) >= 11 is 0. The van der Waals surface area contributed by atoms with Gasteiger partial charge in [-0.1, -0.05) is 5.16 Å². The van der Waals surface area contributed by atoms with Crippen LogP contribution in [0.4, 0.5) is 13.2 Å². The molecule has 3 aromatic rings. The molecule has 0 unspecified atom stereocenters. The second-order valence-electron chi connectivity index (χ2n) is 3.81. The van der Waals surface area contributed by atoms with E-state index in [9.17, 15) is 13.2 Å². The molecule has 0 radical (unpaired) electrons. The molecule has 0 spiro atoms. The fraction of sp³-hybridized carbons (Fsp3) is 0.333. The van der Waals surface area contributed by atoms with Gasteiger partial charge >= 0.3 is 6.18 Å². The predicted molar refractivity (Wildman–Crippen MR) is 52.8 cm³/mol. The first-order valence-corrected chi connectivity index (χ1v) is 4.95. The average molecular weight is 257 g/mol. The Morgan fingerprint density at radius 2 is 1.83 bits per heavy atom. The SMILES string of the molecule is Cc1nn2c(C(F)(F)F)nnc2c2c(C)noc12. The van der Waals surface area contributed by atoms with Crippen LogP contribution in [0, 0.1) is 13.8 Å². The van der Waals surface area contributed by atoms with Gasteiger partial charge in [-0.25, -0.2) is 0 Å². The van der Waals surface area contributed by atoms with Gasteiger partial charge in [0.25, 0.3) is 5.82 Å².